The van der Waals surface area contributed by atoms with Crippen LogP contribution in [-0.2, 0) is 6.42 Å². The van der Waals surface area contributed by atoms with E-state index in [2.05, 4.69) is 16.9 Å². The highest BCUT2D eigenvalue weighted by Crippen LogP contribution is 2.28. The Kier molecular flexibility index (Phi) is 4.29. The number of rotatable bonds is 5. The van der Waals surface area contributed by atoms with Crippen LogP contribution < -0.4 is 0 Å². The van der Waals surface area contributed by atoms with Crippen molar-refractivity contribution >= 4 is 11.6 Å². The van der Waals surface area contributed by atoms with Gasteiger partial charge in [-0.05, 0) is 25.5 Å². The van der Waals surface area contributed by atoms with Crippen LogP contribution in [0.5, 0.6) is 0 Å². The van der Waals surface area contributed by atoms with Gasteiger partial charge in [-0.3, -0.25) is 4.57 Å². The average molecular weight is 316 g/mol. The van der Waals surface area contributed by atoms with E-state index in [0.29, 0.717) is 11.0 Å². The molecule has 3 aromatic rings. The zero-order valence-corrected chi connectivity index (χ0v) is 13.5. The van der Waals surface area contributed by atoms with E-state index < -0.39 is 0 Å². The number of nitrogens with zero attached hydrogens (tertiary/aromatic N) is 3. The standard InChI is InChI=1S/C17H18ClN3O/c1-3-4-5-15-16(13-6-8-14(18)9-7-13)20-17(22-15)21-11-10-19-12(21)2/h6-11H,3-5H2,1-2H3. The van der Waals surface area contributed by atoms with E-state index in [1.54, 1.807) is 6.20 Å². The number of benzene rings is 1. The van der Waals surface area contributed by atoms with Crippen LogP contribution >= 0.6 is 11.6 Å². The Labute approximate surface area is 134 Å². The maximum atomic E-state index is 6.01. The predicted octanol–water partition coefficient (Wildman–Crippen LogP) is 4.83. The Hall–Kier alpha value is -2.07. The molecule has 4 nitrogen and oxygen atoms in total. The van der Waals surface area contributed by atoms with E-state index in [1.165, 1.54) is 0 Å². The molecule has 0 unspecified atom stereocenters. The second kappa shape index (κ2) is 6.36. The molecule has 114 valence electrons. The highest BCUT2D eigenvalue weighted by Gasteiger charge is 2.16. The first kappa shape index (κ1) is 14.9. The third-order valence-electron chi connectivity index (χ3n) is 3.59. The van der Waals surface area contributed by atoms with E-state index in [9.17, 15) is 0 Å². The van der Waals surface area contributed by atoms with Gasteiger partial charge >= 0.3 is 6.01 Å². The molecule has 5 heteroatoms. The molecule has 1 aromatic carbocycles. The highest BCUT2D eigenvalue weighted by atomic mass is 35.5. The van der Waals surface area contributed by atoms with Crippen molar-refractivity contribution in [1.82, 2.24) is 14.5 Å². The molecule has 0 aliphatic rings. The van der Waals surface area contributed by atoms with E-state index in [4.69, 9.17) is 16.0 Å². The molecule has 0 saturated heterocycles. The average Bonchev–Trinajstić information content (AvgIpc) is 3.12. The van der Waals surface area contributed by atoms with E-state index >= 15 is 0 Å². The molecule has 0 fully saturated rings. The van der Waals surface area contributed by atoms with Gasteiger partial charge in [-0.15, -0.1) is 0 Å². The lowest BCUT2D eigenvalue weighted by atomic mass is 10.1. The molecular formula is C17H18ClN3O. The Morgan fingerprint density at radius 2 is 2.00 bits per heavy atom. The van der Waals surface area contributed by atoms with Gasteiger partial charge in [0.15, 0.2) is 0 Å². The normalized spacial score (nSPS) is 11.0. The minimum absolute atomic E-state index is 0.561. The van der Waals surface area contributed by atoms with Gasteiger partial charge in [-0.25, -0.2) is 4.98 Å². The molecular weight excluding hydrogens is 298 g/mol. The fourth-order valence-electron chi connectivity index (χ4n) is 2.36. The molecule has 2 heterocycles. The van der Waals surface area contributed by atoms with Gasteiger partial charge in [0.1, 0.15) is 17.3 Å². The highest BCUT2D eigenvalue weighted by molar-refractivity contribution is 6.30. The van der Waals surface area contributed by atoms with Crippen LogP contribution in [0.4, 0.5) is 0 Å². The summed E-state index contributed by atoms with van der Waals surface area (Å²) >= 11 is 5.97. The Bertz CT molecular complexity index is 759. The van der Waals surface area contributed by atoms with E-state index in [-0.39, 0.29) is 0 Å². The molecule has 0 saturated carbocycles. The van der Waals surface area contributed by atoms with Crippen molar-refractivity contribution in [2.24, 2.45) is 0 Å². The quantitative estimate of drug-likeness (QED) is 0.677. The molecule has 0 radical (unpaired) electrons. The number of aromatic nitrogens is 3. The van der Waals surface area contributed by atoms with Crippen LogP contribution in [0.3, 0.4) is 0 Å². The third-order valence-corrected chi connectivity index (χ3v) is 3.84. The summed E-state index contributed by atoms with van der Waals surface area (Å²) in [6, 6.07) is 8.25. The summed E-state index contributed by atoms with van der Waals surface area (Å²) in [5, 5.41) is 0.716. The van der Waals surface area contributed by atoms with Crippen LogP contribution in [0, 0.1) is 6.92 Å². The lowest BCUT2D eigenvalue weighted by molar-refractivity contribution is 0.474. The predicted molar refractivity (Wildman–Crippen MR) is 87.4 cm³/mol. The van der Waals surface area contributed by atoms with Crippen LogP contribution in [0.1, 0.15) is 31.4 Å². The monoisotopic (exact) mass is 315 g/mol. The summed E-state index contributed by atoms with van der Waals surface area (Å²) in [7, 11) is 0. The summed E-state index contributed by atoms with van der Waals surface area (Å²) in [6.45, 7) is 4.09. The number of imidazole rings is 1. The van der Waals surface area contributed by atoms with Gasteiger partial charge in [-0.2, -0.15) is 4.98 Å². The van der Waals surface area contributed by atoms with E-state index in [1.807, 2.05) is 42.0 Å². The zero-order chi connectivity index (χ0) is 15.5. The summed E-state index contributed by atoms with van der Waals surface area (Å²) in [4.78, 5) is 8.90. The zero-order valence-electron chi connectivity index (χ0n) is 12.7. The molecule has 0 N–H and O–H groups in total. The summed E-state index contributed by atoms with van der Waals surface area (Å²) < 4.78 is 7.86. The summed E-state index contributed by atoms with van der Waals surface area (Å²) in [5.74, 6) is 1.76. The molecule has 2 aromatic heterocycles. The Morgan fingerprint density at radius 3 is 2.64 bits per heavy atom. The minimum atomic E-state index is 0.561. The van der Waals surface area contributed by atoms with Crippen LogP contribution in [-0.4, -0.2) is 14.5 Å². The molecule has 0 amide bonds. The van der Waals surface area contributed by atoms with Gasteiger partial charge < -0.3 is 4.42 Å². The molecule has 0 bridgehead atoms. The molecule has 3 rings (SSSR count). The van der Waals surface area contributed by atoms with Crippen molar-refractivity contribution in [3.8, 4) is 17.3 Å². The number of oxazole rings is 1. The van der Waals surface area contributed by atoms with Crippen molar-refractivity contribution in [3.05, 3.63) is 53.3 Å². The number of hydrogen-bond donors (Lipinski definition) is 0. The van der Waals surface area contributed by atoms with Gasteiger partial charge in [0.05, 0.1) is 0 Å². The molecule has 0 spiro atoms. The summed E-state index contributed by atoms with van der Waals surface area (Å²) in [6.07, 6.45) is 6.65. The van der Waals surface area contributed by atoms with Crippen molar-refractivity contribution in [3.63, 3.8) is 0 Å². The maximum Gasteiger partial charge on any atom is 0.307 e. The fraction of sp³-hybridized carbons (Fsp3) is 0.294. The first-order valence-electron chi connectivity index (χ1n) is 7.45. The molecule has 0 atom stereocenters. The maximum absolute atomic E-state index is 6.01. The smallest absolute Gasteiger partial charge is 0.307 e. The number of hydrogen-bond acceptors (Lipinski definition) is 3. The van der Waals surface area contributed by atoms with Crippen molar-refractivity contribution in [2.45, 2.75) is 33.1 Å². The molecule has 0 aliphatic carbocycles. The lowest BCUT2D eigenvalue weighted by Crippen LogP contribution is -1.95. The largest absolute Gasteiger partial charge is 0.427 e. The van der Waals surface area contributed by atoms with Crippen molar-refractivity contribution < 1.29 is 4.42 Å². The molecule has 0 aliphatic heterocycles. The van der Waals surface area contributed by atoms with Crippen LogP contribution in [0.25, 0.3) is 17.3 Å². The second-order valence-electron chi connectivity index (χ2n) is 5.22. The first-order chi connectivity index (χ1) is 10.7. The topological polar surface area (TPSA) is 43.9 Å². The van der Waals surface area contributed by atoms with Crippen molar-refractivity contribution in [2.75, 3.05) is 0 Å². The first-order valence-corrected chi connectivity index (χ1v) is 7.82. The summed E-state index contributed by atoms with van der Waals surface area (Å²) in [5.41, 5.74) is 1.90. The van der Waals surface area contributed by atoms with Gasteiger partial charge in [0, 0.05) is 29.4 Å². The second-order valence-corrected chi connectivity index (χ2v) is 5.66. The molecule has 22 heavy (non-hydrogen) atoms. The van der Waals surface area contributed by atoms with Crippen molar-refractivity contribution in [1.29, 1.82) is 0 Å². The number of halogens is 1. The lowest BCUT2D eigenvalue weighted by Gasteiger charge is -2.00. The van der Waals surface area contributed by atoms with Gasteiger partial charge in [-0.1, -0.05) is 37.1 Å². The fourth-order valence-corrected chi connectivity index (χ4v) is 2.49. The Morgan fingerprint density at radius 1 is 1.23 bits per heavy atom. The minimum Gasteiger partial charge on any atom is -0.427 e. The van der Waals surface area contributed by atoms with Gasteiger partial charge in [0.25, 0.3) is 0 Å². The van der Waals surface area contributed by atoms with Gasteiger partial charge in [0.2, 0.25) is 0 Å². The van der Waals surface area contributed by atoms with Crippen LogP contribution in [0.15, 0.2) is 41.1 Å². The Balaban J connectivity index is 2.05. The number of unbranched alkanes of at least 4 members (excludes halogenated alkanes) is 1. The SMILES string of the molecule is CCCCc1oc(-n2ccnc2C)nc1-c1ccc(Cl)cc1. The van der Waals surface area contributed by atoms with E-state index in [0.717, 1.165) is 42.1 Å². The number of aryl methyl sites for hydroxylation is 2. The van der Waals surface area contributed by atoms with Crippen LogP contribution in [0.2, 0.25) is 5.02 Å². The third kappa shape index (κ3) is 2.92.